The number of halogens is 1. The third kappa shape index (κ3) is 5.50. The van der Waals surface area contributed by atoms with Crippen molar-refractivity contribution < 1.29 is 24.0 Å². The standard InChI is InChI=1S/C24H28FN3O4/c1-26-22(30)16-28-14-13-24(23(28)31,15-21(29)27-32)12-2-3-17-4-6-18(7-5-17)19-8-10-20(25)11-9-19/h4-11,32H,2-3,12-16H2,1H3,(H,26,30)(H,27,29). The Kier molecular flexibility index (Phi) is 7.58. The summed E-state index contributed by atoms with van der Waals surface area (Å²) in [7, 11) is 1.51. The van der Waals surface area contributed by atoms with Crippen LogP contribution in [-0.2, 0) is 20.8 Å². The van der Waals surface area contributed by atoms with Gasteiger partial charge in [-0.25, -0.2) is 9.87 Å². The van der Waals surface area contributed by atoms with Crippen molar-refractivity contribution in [3.63, 3.8) is 0 Å². The highest BCUT2D eigenvalue weighted by Gasteiger charge is 2.47. The second-order valence-corrected chi connectivity index (χ2v) is 8.20. The number of hydrogen-bond acceptors (Lipinski definition) is 4. The van der Waals surface area contributed by atoms with Crippen LogP contribution in [0.5, 0.6) is 0 Å². The van der Waals surface area contributed by atoms with Gasteiger partial charge in [0.25, 0.3) is 0 Å². The van der Waals surface area contributed by atoms with E-state index < -0.39 is 11.3 Å². The van der Waals surface area contributed by atoms with E-state index in [4.69, 9.17) is 5.21 Å². The van der Waals surface area contributed by atoms with Gasteiger partial charge in [0.05, 0.1) is 12.0 Å². The molecule has 0 bridgehead atoms. The minimum Gasteiger partial charge on any atom is -0.358 e. The van der Waals surface area contributed by atoms with Crippen LogP contribution in [0.2, 0.25) is 0 Å². The molecule has 2 aromatic carbocycles. The fourth-order valence-electron chi connectivity index (χ4n) is 4.26. The maximum absolute atomic E-state index is 13.1. The van der Waals surface area contributed by atoms with Crippen molar-refractivity contribution in [1.29, 1.82) is 0 Å². The summed E-state index contributed by atoms with van der Waals surface area (Å²) >= 11 is 0. The van der Waals surface area contributed by atoms with Crippen LogP contribution in [0.4, 0.5) is 4.39 Å². The highest BCUT2D eigenvalue weighted by Crippen LogP contribution is 2.40. The number of nitrogens with one attached hydrogen (secondary N) is 2. The molecule has 1 fully saturated rings. The van der Waals surface area contributed by atoms with Gasteiger partial charge in [0.2, 0.25) is 17.7 Å². The van der Waals surface area contributed by atoms with Gasteiger partial charge in [-0.05, 0) is 54.5 Å². The van der Waals surface area contributed by atoms with Gasteiger partial charge in [-0.2, -0.15) is 0 Å². The number of likely N-dealkylation sites (N-methyl/N-ethyl adjacent to an activating group) is 1. The lowest BCUT2D eigenvalue weighted by Crippen LogP contribution is -2.42. The molecule has 3 amide bonds. The molecule has 0 aromatic heterocycles. The van der Waals surface area contributed by atoms with Gasteiger partial charge in [-0.15, -0.1) is 0 Å². The fourth-order valence-corrected chi connectivity index (χ4v) is 4.26. The molecular weight excluding hydrogens is 413 g/mol. The first-order valence-corrected chi connectivity index (χ1v) is 10.6. The second-order valence-electron chi connectivity index (χ2n) is 8.20. The molecule has 1 aliphatic rings. The molecule has 8 heteroatoms. The maximum Gasteiger partial charge on any atom is 0.244 e. The Morgan fingerprint density at radius 3 is 2.28 bits per heavy atom. The minimum absolute atomic E-state index is 0.0390. The molecule has 1 saturated heterocycles. The van der Waals surface area contributed by atoms with Gasteiger partial charge in [-0.3, -0.25) is 19.6 Å². The van der Waals surface area contributed by atoms with Crippen molar-refractivity contribution in [1.82, 2.24) is 15.7 Å². The Balaban J connectivity index is 1.64. The van der Waals surface area contributed by atoms with Crippen molar-refractivity contribution in [3.05, 3.63) is 59.9 Å². The van der Waals surface area contributed by atoms with Crippen LogP contribution in [0.3, 0.4) is 0 Å². The van der Waals surface area contributed by atoms with Crippen molar-refractivity contribution >= 4 is 17.7 Å². The summed E-state index contributed by atoms with van der Waals surface area (Å²) in [5, 5.41) is 11.5. The summed E-state index contributed by atoms with van der Waals surface area (Å²) in [4.78, 5) is 38.1. The summed E-state index contributed by atoms with van der Waals surface area (Å²) in [5.74, 6) is -1.37. The molecule has 1 aliphatic heterocycles. The number of nitrogens with zero attached hydrogens (tertiary/aromatic N) is 1. The summed E-state index contributed by atoms with van der Waals surface area (Å²) in [5.41, 5.74) is 3.71. The van der Waals surface area contributed by atoms with E-state index in [-0.39, 0.29) is 30.6 Å². The summed E-state index contributed by atoms with van der Waals surface area (Å²) < 4.78 is 13.1. The van der Waals surface area contributed by atoms with E-state index in [2.05, 4.69) is 5.32 Å². The maximum atomic E-state index is 13.1. The highest BCUT2D eigenvalue weighted by molar-refractivity contribution is 5.92. The topological polar surface area (TPSA) is 98.7 Å². The minimum atomic E-state index is -0.922. The third-order valence-corrected chi connectivity index (χ3v) is 6.09. The number of hydrogen-bond donors (Lipinski definition) is 3. The molecule has 7 nitrogen and oxygen atoms in total. The average molecular weight is 442 g/mol. The predicted molar refractivity (Wildman–Crippen MR) is 117 cm³/mol. The van der Waals surface area contributed by atoms with Crippen molar-refractivity contribution in [2.24, 2.45) is 5.41 Å². The lowest BCUT2D eigenvalue weighted by molar-refractivity contribution is -0.144. The lowest BCUT2D eigenvalue weighted by atomic mass is 9.77. The van der Waals surface area contributed by atoms with E-state index in [9.17, 15) is 18.8 Å². The van der Waals surface area contributed by atoms with Gasteiger partial charge in [-0.1, -0.05) is 36.4 Å². The number of amides is 3. The molecule has 3 N–H and O–H groups in total. The zero-order chi connectivity index (χ0) is 23.1. The van der Waals surface area contributed by atoms with Crippen molar-refractivity contribution in [2.45, 2.75) is 32.1 Å². The van der Waals surface area contributed by atoms with Gasteiger partial charge in [0.15, 0.2) is 0 Å². The molecule has 32 heavy (non-hydrogen) atoms. The van der Waals surface area contributed by atoms with Crippen LogP contribution in [0.25, 0.3) is 11.1 Å². The average Bonchev–Trinajstić information content (AvgIpc) is 3.09. The number of carbonyl (C=O) groups excluding carboxylic acids is 3. The summed E-state index contributed by atoms with van der Waals surface area (Å²) in [6.45, 7) is 0.361. The van der Waals surface area contributed by atoms with Crippen LogP contribution in [0.1, 0.15) is 31.2 Å². The molecule has 1 heterocycles. The van der Waals surface area contributed by atoms with Crippen LogP contribution in [0.15, 0.2) is 48.5 Å². The molecule has 3 rings (SSSR count). The molecule has 2 aromatic rings. The normalized spacial score (nSPS) is 18.0. The van der Waals surface area contributed by atoms with Crippen molar-refractivity contribution in [2.75, 3.05) is 20.1 Å². The van der Waals surface area contributed by atoms with E-state index >= 15 is 0 Å². The number of carbonyl (C=O) groups is 3. The molecule has 170 valence electrons. The first kappa shape index (κ1) is 23.4. The van der Waals surface area contributed by atoms with E-state index in [1.54, 1.807) is 17.6 Å². The highest BCUT2D eigenvalue weighted by atomic mass is 19.1. The van der Waals surface area contributed by atoms with E-state index in [0.29, 0.717) is 25.8 Å². The van der Waals surface area contributed by atoms with Crippen LogP contribution < -0.4 is 10.8 Å². The second kappa shape index (κ2) is 10.4. The third-order valence-electron chi connectivity index (χ3n) is 6.09. The Morgan fingerprint density at radius 2 is 1.69 bits per heavy atom. The Bertz CT molecular complexity index is 962. The zero-order valence-electron chi connectivity index (χ0n) is 18.1. The number of benzene rings is 2. The van der Waals surface area contributed by atoms with E-state index in [0.717, 1.165) is 23.1 Å². The van der Waals surface area contributed by atoms with Gasteiger partial charge >= 0.3 is 0 Å². The van der Waals surface area contributed by atoms with Gasteiger partial charge < -0.3 is 10.2 Å². The molecule has 1 atom stereocenters. The smallest absolute Gasteiger partial charge is 0.244 e. The van der Waals surface area contributed by atoms with Crippen molar-refractivity contribution in [3.8, 4) is 11.1 Å². The molecular formula is C24H28FN3O4. The number of rotatable bonds is 9. The van der Waals surface area contributed by atoms with Gasteiger partial charge in [0, 0.05) is 20.0 Å². The molecule has 0 radical (unpaired) electrons. The van der Waals surface area contributed by atoms with E-state index in [1.165, 1.54) is 24.1 Å². The zero-order valence-corrected chi connectivity index (χ0v) is 18.1. The summed E-state index contributed by atoms with van der Waals surface area (Å²) in [6.07, 6.45) is 2.21. The largest absolute Gasteiger partial charge is 0.358 e. The molecule has 1 unspecified atom stereocenters. The van der Waals surface area contributed by atoms with Crippen LogP contribution in [-0.4, -0.2) is 48.0 Å². The Morgan fingerprint density at radius 1 is 1.06 bits per heavy atom. The van der Waals surface area contributed by atoms with Crippen LogP contribution >= 0.6 is 0 Å². The first-order chi connectivity index (χ1) is 15.4. The van der Waals surface area contributed by atoms with E-state index in [1.807, 2.05) is 24.3 Å². The predicted octanol–water partition coefficient (Wildman–Crippen LogP) is 2.68. The number of likely N-dealkylation sites (tertiary alicyclic amines) is 1. The number of aryl methyl sites for hydroxylation is 1. The quantitative estimate of drug-likeness (QED) is 0.412. The van der Waals surface area contributed by atoms with Crippen LogP contribution in [0, 0.1) is 11.2 Å². The first-order valence-electron chi connectivity index (χ1n) is 10.6. The molecule has 0 saturated carbocycles. The monoisotopic (exact) mass is 441 g/mol. The fraction of sp³-hybridized carbons (Fsp3) is 0.375. The van der Waals surface area contributed by atoms with Gasteiger partial charge in [0.1, 0.15) is 5.82 Å². The Labute approximate surface area is 186 Å². The lowest BCUT2D eigenvalue weighted by Gasteiger charge is -2.27. The Hall–Kier alpha value is -3.26. The SMILES string of the molecule is CNC(=O)CN1CCC(CCCc2ccc(-c3ccc(F)cc3)cc2)(CC(=O)NO)C1=O. The molecule has 0 aliphatic carbocycles. The number of hydroxylamine groups is 1. The summed E-state index contributed by atoms with van der Waals surface area (Å²) in [6, 6.07) is 14.3. The molecule has 0 spiro atoms.